The van der Waals surface area contributed by atoms with Gasteiger partial charge in [-0.15, -0.1) is 0 Å². The zero-order valence-electron chi connectivity index (χ0n) is 9.56. The molecule has 0 saturated carbocycles. The van der Waals surface area contributed by atoms with E-state index in [4.69, 9.17) is 0 Å². The zero-order valence-corrected chi connectivity index (χ0v) is 11.7. The van der Waals surface area contributed by atoms with Crippen LogP contribution >= 0.6 is 22.6 Å². The van der Waals surface area contributed by atoms with Gasteiger partial charge >= 0.3 is 0 Å². The second-order valence-electron chi connectivity index (χ2n) is 5.15. The van der Waals surface area contributed by atoms with Gasteiger partial charge in [-0.1, -0.05) is 43.4 Å². The molecular formula is C12H18IN. The maximum atomic E-state index is 4.42. The molecular weight excluding hydrogens is 285 g/mol. The van der Waals surface area contributed by atoms with E-state index >= 15 is 0 Å². The van der Waals surface area contributed by atoms with E-state index in [0.717, 1.165) is 0 Å². The largest absolute Gasteiger partial charge is 0.261 e. The van der Waals surface area contributed by atoms with Crippen molar-refractivity contribution >= 4 is 22.6 Å². The summed E-state index contributed by atoms with van der Waals surface area (Å²) in [5.74, 6) is 0. The van der Waals surface area contributed by atoms with Crippen molar-refractivity contribution in [3.05, 3.63) is 29.6 Å². The van der Waals surface area contributed by atoms with Crippen molar-refractivity contribution in [2.75, 3.05) is 0 Å². The van der Waals surface area contributed by atoms with Crippen LogP contribution in [0.1, 0.15) is 45.9 Å². The molecule has 0 bridgehead atoms. The number of pyridine rings is 1. The first-order valence-corrected chi connectivity index (χ1v) is 5.95. The summed E-state index contributed by atoms with van der Waals surface area (Å²) in [6.45, 7) is 11.0. The highest BCUT2D eigenvalue weighted by molar-refractivity contribution is 14.1. The monoisotopic (exact) mass is 303 g/mol. The molecule has 1 aromatic rings. The molecule has 0 spiro atoms. The lowest BCUT2D eigenvalue weighted by molar-refractivity contribution is 0.566. The molecule has 0 aliphatic rings. The minimum Gasteiger partial charge on any atom is -0.261 e. The highest BCUT2D eigenvalue weighted by Crippen LogP contribution is 2.32. The molecule has 0 saturated heterocycles. The fourth-order valence-electron chi connectivity index (χ4n) is 1.21. The predicted molar refractivity (Wildman–Crippen MR) is 70.0 cm³/mol. The summed E-state index contributed by atoms with van der Waals surface area (Å²) >= 11 is 2.46. The van der Waals surface area contributed by atoms with Gasteiger partial charge in [0.2, 0.25) is 0 Å². The van der Waals surface area contributed by atoms with Gasteiger partial charge in [-0.2, -0.15) is 0 Å². The maximum Gasteiger partial charge on any atom is 0.0460 e. The van der Waals surface area contributed by atoms with Crippen molar-refractivity contribution in [1.29, 1.82) is 0 Å². The van der Waals surface area contributed by atoms with E-state index in [1.807, 2.05) is 6.20 Å². The number of rotatable bonds is 1. The Hall–Kier alpha value is -0.120. The van der Waals surface area contributed by atoms with E-state index in [9.17, 15) is 0 Å². The first kappa shape index (κ1) is 12.0. The molecule has 0 N–H and O–H groups in total. The zero-order chi connectivity index (χ0) is 11.0. The SMILES string of the molecule is CC(C)(C)c1cc(C(C)(C)I)ccn1. The van der Waals surface area contributed by atoms with Crippen LogP contribution in [0.3, 0.4) is 0 Å². The third-order valence-corrected chi connectivity index (χ3v) is 2.84. The molecule has 0 atom stereocenters. The Morgan fingerprint density at radius 2 is 1.71 bits per heavy atom. The Bertz CT molecular complexity index is 289. The number of aromatic nitrogens is 1. The molecule has 2 heteroatoms. The van der Waals surface area contributed by atoms with Crippen LogP contribution in [0, 0.1) is 0 Å². The molecule has 0 unspecified atom stereocenters. The van der Waals surface area contributed by atoms with Crippen LogP contribution in [0.25, 0.3) is 0 Å². The number of hydrogen-bond donors (Lipinski definition) is 0. The van der Waals surface area contributed by atoms with E-state index in [2.05, 4.69) is 74.3 Å². The Morgan fingerprint density at radius 1 is 1.14 bits per heavy atom. The van der Waals surface area contributed by atoms with Crippen molar-refractivity contribution in [3.8, 4) is 0 Å². The van der Waals surface area contributed by atoms with E-state index in [0.29, 0.717) is 0 Å². The lowest BCUT2D eigenvalue weighted by Gasteiger charge is -2.22. The maximum absolute atomic E-state index is 4.42. The summed E-state index contributed by atoms with van der Waals surface area (Å²) < 4.78 is 0.181. The van der Waals surface area contributed by atoms with Gasteiger partial charge in [0.15, 0.2) is 0 Å². The Morgan fingerprint density at radius 3 is 2.14 bits per heavy atom. The molecule has 14 heavy (non-hydrogen) atoms. The molecule has 1 heterocycles. The van der Waals surface area contributed by atoms with Gasteiger partial charge in [0, 0.05) is 20.7 Å². The van der Waals surface area contributed by atoms with Crippen LogP contribution in [-0.4, -0.2) is 4.98 Å². The third-order valence-electron chi connectivity index (χ3n) is 2.21. The van der Waals surface area contributed by atoms with Crippen molar-refractivity contribution < 1.29 is 0 Å². The molecule has 0 amide bonds. The van der Waals surface area contributed by atoms with Crippen LogP contribution in [-0.2, 0) is 8.84 Å². The third kappa shape index (κ3) is 2.94. The number of nitrogens with zero attached hydrogens (tertiary/aromatic N) is 1. The molecule has 1 nitrogen and oxygen atoms in total. The number of alkyl halides is 1. The van der Waals surface area contributed by atoms with Gasteiger partial charge in [-0.05, 0) is 31.5 Å². The second kappa shape index (κ2) is 3.80. The van der Waals surface area contributed by atoms with E-state index in [1.54, 1.807) is 0 Å². The lowest BCUT2D eigenvalue weighted by Crippen LogP contribution is -2.16. The standard InChI is InChI=1S/C12H18IN/c1-11(2,3)10-8-9(6-7-14-10)12(4,5)13/h6-8H,1-5H3. The highest BCUT2D eigenvalue weighted by Gasteiger charge is 2.20. The molecule has 0 fully saturated rings. The summed E-state index contributed by atoms with van der Waals surface area (Å²) in [6, 6.07) is 4.31. The van der Waals surface area contributed by atoms with Crippen LogP contribution in [0.4, 0.5) is 0 Å². The minimum atomic E-state index is 0.137. The van der Waals surface area contributed by atoms with Gasteiger partial charge in [0.25, 0.3) is 0 Å². The summed E-state index contributed by atoms with van der Waals surface area (Å²) in [6.07, 6.45) is 1.91. The summed E-state index contributed by atoms with van der Waals surface area (Å²) in [5.41, 5.74) is 2.65. The fraction of sp³-hybridized carbons (Fsp3) is 0.583. The molecule has 1 aromatic heterocycles. The quantitative estimate of drug-likeness (QED) is 0.563. The van der Waals surface area contributed by atoms with E-state index in [-0.39, 0.29) is 8.84 Å². The molecule has 0 aliphatic carbocycles. The molecule has 1 rings (SSSR count). The second-order valence-corrected chi connectivity index (χ2v) is 7.85. The van der Waals surface area contributed by atoms with E-state index in [1.165, 1.54) is 11.3 Å². The summed E-state index contributed by atoms with van der Waals surface area (Å²) in [5, 5.41) is 0. The van der Waals surface area contributed by atoms with Gasteiger partial charge in [0.05, 0.1) is 0 Å². The Balaban J connectivity index is 3.15. The highest BCUT2D eigenvalue weighted by atomic mass is 127. The summed E-state index contributed by atoms with van der Waals surface area (Å²) in [7, 11) is 0. The first-order chi connectivity index (χ1) is 6.21. The average molecular weight is 303 g/mol. The van der Waals surface area contributed by atoms with Crippen molar-refractivity contribution in [2.45, 2.75) is 43.5 Å². The van der Waals surface area contributed by atoms with Gasteiger partial charge in [0.1, 0.15) is 0 Å². The first-order valence-electron chi connectivity index (χ1n) is 4.87. The van der Waals surface area contributed by atoms with Crippen LogP contribution < -0.4 is 0 Å². The molecule has 0 radical (unpaired) electrons. The average Bonchev–Trinajstić information content (AvgIpc) is 2.01. The van der Waals surface area contributed by atoms with Crippen LogP contribution in [0.5, 0.6) is 0 Å². The molecule has 0 aromatic carbocycles. The smallest absolute Gasteiger partial charge is 0.0460 e. The van der Waals surface area contributed by atoms with Crippen molar-refractivity contribution in [1.82, 2.24) is 4.98 Å². The van der Waals surface area contributed by atoms with Gasteiger partial charge in [-0.3, -0.25) is 4.98 Å². The van der Waals surface area contributed by atoms with Crippen molar-refractivity contribution in [3.63, 3.8) is 0 Å². The Labute approximate surface area is 100 Å². The number of hydrogen-bond acceptors (Lipinski definition) is 1. The predicted octanol–water partition coefficient (Wildman–Crippen LogP) is 4.05. The van der Waals surface area contributed by atoms with E-state index < -0.39 is 0 Å². The van der Waals surface area contributed by atoms with Gasteiger partial charge in [-0.25, -0.2) is 0 Å². The van der Waals surface area contributed by atoms with Crippen LogP contribution in [0.15, 0.2) is 18.3 Å². The summed E-state index contributed by atoms with van der Waals surface area (Å²) in [4.78, 5) is 4.42. The van der Waals surface area contributed by atoms with Crippen LogP contribution in [0.2, 0.25) is 0 Å². The Kier molecular flexibility index (Phi) is 3.24. The molecule has 78 valence electrons. The molecule has 0 aliphatic heterocycles. The number of halogens is 1. The normalized spacial score (nSPS) is 13.0. The van der Waals surface area contributed by atoms with Gasteiger partial charge < -0.3 is 0 Å². The lowest BCUT2D eigenvalue weighted by atomic mass is 9.89. The fourth-order valence-corrected chi connectivity index (χ4v) is 1.55. The minimum absolute atomic E-state index is 0.137. The van der Waals surface area contributed by atoms with Crippen molar-refractivity contribution in [2.24, 2.45) is 0 Å². The topological polar surface area (TPSA) is 12.9 Å².